The number of ether oxygens (including phenoxy) is 1. The predicted molar refractivity (Wildman–Crippen MR) is 123 cm³/mol. The van der Waals surface area contributed by atoms with Crippen LogP contribution in [-0.2, 0) is 17.8 Å². The summed E-state index contributed by atoms with van der Waals surface area (Å²) in [6.45, 7) is 5.91. The van der Waals surface area contributed by atoms with Gasteiger partial charge in [-0.25, -0.2) is 4.98 Å². The van der Waals surface area contributed by atoms with Gasteiger partial charge in [0.05, 0.1) is 12.3 Å². The Morgan fingerprint density at radius 3 is 2.78 bits per heavy atom. The fourth-order valence-corrected chi connectivity index (χ4v) is 4.17. The predicted octanol–water partition coefficient (Wildman–Crippen LogP) is 5.02. The number of aromatic nitrogens is 1. The van der Waals surface area contributed by atoms with Crippen LogP contribution in [0.4, 0.5) is 0 Å². The molecular weight excluding hydrogens is 404 g/mol. The molecule has 6 nitrogen and oxygen atoms in total. The van der Waals surface area contributed by atoms with Crippen molar-refractivity contribution in [2.24, 2.45) is 0 Å². The molecule has 3 aromatic rings. The Bertz CT molecular complexity index is 1060. The van der Waals surface area contributed by atoms with Crippen molar-refractivity contribution >= 4 is 5.97 Å². The summed E-state index contributed by atoms with van der Waals surface area (Å²) in [4.78, 5) is 18.3. The van der Waals surface area contributed by atoms with Crippen LogP contribution in [-0.4, -0.2) is 40.2 Å². The van der Waals surface area contributed by atoms with Gasteiger partial charge in [0, 0.05) is 18.5 Å². The molecule has 0 spiro atoms. The lowest BCUT2D eigenvalue weighted by atomic mass is 10.0. The van der Waals surface area contributed by atoms with E-state index in [1.54, 1.807) is 0 Å². The van der Waals surface area contributed by atoms with Crippen LogP contribution in [0.2, 0.25) is 0 Å². The number of nitrogens with zero attached hydrogens (tertiary/aromatic N) is 2. The molecule has 2 heterocycles. The van der Waals surface area contributed by atoms with Crippen LogP contribution in [0.3, 0.4) is 0 Å². The van der Waals surface area contributed by atoms with Crippen molar-refractivity contribution < 1.29 is 19.1 Å². The van der Waals surface area contributed by atoms with Crippen LogP contribution in [0, 0.1) is 13.8 Å². The molecule has 4 rings (SSSR count). The van der Waals surface area contributed by atoms with Crippen LogP contribution >= 0.6 is 0 Å². The van der Waals surface area contributed by atoms with E-state index in [4.69, 9.17) is 9.15 Å². The highest BCUT2D eigenvalue weighted by Gasteiger charge is 2.28. The highest BCUT2D eigenvalue weighted by molar-refractivity contribution is 5.73. The number of hydrogen-bond donors (Lipinski definition) is 1. The number of aryl methyl sites for hydroxylation is 2. The average molecular weight is 435 g/mol. The monoisotopic (exact) mass is 434 g/mol. The van der Waals surface area contributed by atoms with E-state index in [0.29, 0.717) is 31.9 Å². The summed E-state index contributed by atoms with van der Waals surface area (Å²) in [6.07, 6.45) is 3.39. The number of carboxylic acid groups (broad SMARTS) is 1. The topological polar surface area (TPSA) is 75.8 Å². The molecule has 0 saturated carbocycles. The standard InChI is InChI=1S/C26H30N2O4/c1-18-9-11-21(12-10-18)25-27-23(19(2)32-25)13-15-31-22-7-5-6-20(16-22)17-28-14-4-3-8-24(28)26(29)30/h5-7,9-12,16,24H,3-4,8,13-15,17H2,1-2H3,(H,29,30). The molecule has 1 aromatic heterocycles. The maximum absolute atomic E-state index is 11.6. The molecule has 0 aliphatic carbocycles. The largest absolute Gasteiger partial charge is 0.493 e. The van der Waals surface area contributed by atoms with Gasteiger partial charge in [-0.05, 0) is 63.1 Å². The van der Waals surface area contributed by atoms with E-state index in [0.717, 1.165) is 47.7 Å². The first-order valence-electron chi connectivity index (χ1n) is 11.2. The highest BCUT2D eigenvalue weighted by Crippen LogP contribution is 2.24. The number of carbonyl (C=O) groups is 1. The summed E-state index contributed by atoms with van der Waals surface area (Å²) in [5.41, 5.74) is 4.13. The quantitative estimate of drug-likeness (QED) is 0.537. The van der Waals surface area contributed by atoms with Gasteiger partial charge in [-0.15, -0.1) is 0 Å². The second kappa shape index (κ2) is 10.0. The van der Waals surface area contributed by atoms with Crippen molar-refractivity contribution in [3.8, 4) is 17.2 Å². The summed E-state index contributed by atoms with van der Waals surface area (Å²) in [6, 6.07) is 15.7. The first-order valence-corrected chi connectivity index (χ1v) is 11.2. The Morgan fingerprint density at radius 1 is 1.19 bits per heavy atom. The number of oxazole rings is 1. The van der Waals surface area contributed by atoms with E-state index in [1.165, 1.54) is 5.56 Å². The van der Waals surface area contributed by atoms with Gasteiger partial charge < -0.3 is 14.3 Å². The normalized spacial score (nSPS) is 16.8. The van der Waals surface area contributed by atoms with Crippen molar-refractivity contribution in [1.82, 2.24) is 9.88 Å². The zero-order chi connectivity index (χ0) is 22.5. The van der Waals surface area contributed by atoms with Crippen molar-refractivity contribution in [2.75, 3.05) is 13.2 Å². The van der Waals surface area contributed by atoms with Crippen molar-refractivity contribution in [2.45, 2.75) is 52.1 Å². The fourth-order valence-electron chi connectivity index (χ4n) is 4.17. The van der Waals surface area contributed by atoms with E-state index in [-0.39, 0.29) is 0 Å². The molecule has 1 atom stereocenters. The number of hydrogen-bond acceptors (Lipinski definition) is 5. The minimum atomic E-state index is -0.731. The summed E-state index contributed by atoms with van der Waals surface area (Å²) < 4.78 is 11.8. The molecule has 168 valence electrons. The molecule has 0 radical (unpaired) electrons. The molecule has 1 unspecified atom stereocenters. The highest BCUT2D eigenvalue weighted by atomic mass is 16.5. The SMILES string of the molecule is Cc1ccc(-c2nc(CCOc3cccc(CN4CCCCC4C(=O)O)c3)c(C)o2)cc1. The zero-order valence-corrected chi connectivity index (χ0v) is 18.7. The molecule has 1 saturated heterocycles. The first-order chi connectivity index (χ1) is 15.5. The molecule has 1 aliphatic heterocycles. The molecule has 1 N–H and O–H groups in total. The van der Waals surface area contributed by atoms with Gasteiger partial charge in [0.25, 0.3) is 0 Å². The molecule has 0 bridgehead atoms. The van der Waals surface area contributed by atoms with Crippen LogP contribution in [0.5, 0.6) is 5.75 Å². The minimum Gasteiger partial charge on any atom is -0.493 e. The molecule has 6 heteroatoms. The molecule has 1 aliphatic rings. The maximum atomic E-state index is 11.6. The van der Waals surface area contributed by atoms with E-state index < -0.39 is 12.0 Å². The van der Waals surface area contributed by atoms with E-state index in [1.807, 2.05) is 55.5 Å². The van der Waals surface area contributed by atoms with Gasteiger partial charge in [-0.1, -0.05) is 36.2 Å². The third kappa shape index (κ3) is 5.37. The second-order valence-electron chi connectivity index (χ2n) is 8.45. The summed E-state index contributed by atoms with van der Waals surface area (Å²) in [5, 5.41) is 9.49. The number of benzene rings is 2. The zero-order valence-electron chi connectivity index (χ0n) is 18.7. The lowest BCUT2D eigenvalue weighted by molar-refractivity contribution is -0.144. The summed E-state index contributed by atoms with van der Waals surface area (Å²) >= 11 is 0. The van der Waals surface area contributed by atoms with Crippen LogP contribution in [0.15, 0.2) is 52.9 Å². The Morgan fingerprint density at radius 2 is 2.00 bits per heavy atom. The minimum absolute atomic E-state index is 0.397. The third-order valence-electron chi connectivity index (χ3n) is 5.98. The van der Waals surface area contributed by atoms with Crippen molar-refractivity contribution in [3.63, 3.8) is 0 Å². The molecule has 0 amide bonds. The Hall–Kier alpha value is -3.12. The maximum Gasteiger partial charge on any atom is 0.320 e. The van der Waals surface area contributed by atoms with Gasteiger partial charge in [0.2, 0.25) is 5.89 Å². The average Bonchev–Trinajstić information content (AvgIpc) is 3.15. The van der Waals surface area contributed by atoms with Crippen LogP contribution in [0.25, 0.3) is 11.5 Å². The molecule has 2 aromatic carbocycles. The van der Waals surface area contributed by atoms with Gasteiger partial charge in [-0.3, -0.25) is 9.69 Å². The number of likely N-dealkylation sites (tertiary alicyclic amines) is 1. The number of rotatable bonds is 8. The van der Waals surface area contributed by atoms with Crippen molar-refractivity contribution in [1.29, 1.82) is 0 Å². The van der Waals surface area contributed by atoms with Gasteiger partial charge in [-0.2, -0.15) is 0 Å². The molecular formula is C26H30N2O4. The second-order valence-corrected chi connectivity index (χ2v) is 8.45. The van der Waals surface area contributed by atoms with Gasteiger partial charge in [0.15, 0.2) is 0 Å². The number of piperidine rings is 1. The number of carboxylic acids is 1. The smallest absolute Gasteiger partial charge is 0.320 e. The Labute approximate surface area is 188 Å². The fraction of sp³-hybridized carbons (Fsp3) is 0.385. The van der Waals surface area contributed by atoms with E-state index >= 15 is 0 Å². The van der Waals surface area contributed by atoms with Crippen molar-refractivity contribution in [3.05, 3.63) is 71.1 Å². The molecule has 32 heavy (non-hydrogen) atoms. The van der Waals surface area contributed by atoms with Crippen LogP contribution in [0.1, 0.15) is 41.8 Å². The van der Waals surface area contributed by atoms with Gasteiger partial charge >= 0.3 is 5.97 Å². The van der Waals surface area contributed by atoms with Gasteiger partial charge in [0.1, 0.15) is 17.6 Å². The van der Waals surface area contributed by atoms with E-state index in [2.05, 4.69) is 16.8 Å². The van der Waals surface area contributed by atoms with Crippen LogP contribution < -0.4 is 4.74 Å². The Kier molecular flexibility index (Phi) is 6.90. The summed E-state index contributed by atoms with van der Waals surface area (Å²) in [7, 11) is 0. The third-order valence-corrected chi connectivity index (χ3v) is 5.98. The van der Waals surface area contributed by atoms with E-state index in [9.17, 15) is 9.90 Å². The lowest BCUT2D eigenvalue weighted by Gasteiger charge is -2.32. The number of aliphatic carboxylic acids is 1. The summed E-state index contributed by atoms with van der Waals surface area (Å²) in [5.74, 6) is 1.49. The first kappa shape index (κ1) is 22.1. The molecule has 1 fully saturated rings. The Balaban J connectivity index is 1.35. The lowest BCUT2D eigenvalue weighted by Crippen LogP contribution is -2.43.